The summed E-state index contributed by atoms with van der Waals surface area (Å²) in [6.07, 6.45) is 0.833. The van der Waals surface area contributed by atoms with Gasteiger partial charge in [0.15, 0.2) is 5.78 Å². The molecular formula is C24H22N2O4S. The Morgan fingerprint density at radius 2 is 1.61 bits per heavy atom. The van der Waals surface area contributed by atoms with Crippen LogP contribution in [0.4, 0.5) is 5.69 Å². The molecule has 3 aromatic carbocycles. The van der Waals surface area contributed by atoms with E-state index < -0.39 is 10.0 Å². The average Bonchev–Trinajstić information content (AvgIpc) is 3.11. The first-order chi connectivity index (χ1) is 14.8. The highest BCUT2D eigenvalue weighted by Crippen LogP contribution is 2.37. The van der Waals surface area contributed by atoms with Crippen molar-refractivity contribution >= 4 is 27.4 Å². The zero-order valence-electron chi connectivity index (χ0n) is 17.0. The highest BCUT2D eigenvalue weighted by molar-refractivity contribution is 7.89. The summed E-state index contributed by atoms with van der Waals surface area (Å²) in [6, 6.07) is 19.8. The van der Waals surface area contributed by atoms with Crippen molar-refractivity contribution in [3.05, 3.63) is 83.4 Å². The fraction of sp³-hybridized carbons (Fsp3) is 0.167. The van der Waals surface area contributed by atoms with Crippen LogP contribution in [0.15, 0.2) is 71.6 Å². The van der Waals surface area contributed by atoms with Gasteiger partial charge in [-0.2, -0.15) is 0 Å². The summed E-state index contributed by atoms with van der Waals surface area (Å²) in [5, 5.41) is 2.83. The number of carbonyl (C=O) groups is 2. The number of amides is 1. The minimum atomic E-state index is -3.75. The molecule has 158 valence electrons. The molecule has 0 radical (unpaired) electrons. The zero-order chi connectivity index (χ0) is 22.0. The second-order valence-electron chi connectivity index (χ2n) is 7.48. The molecule has 1 aliphatic rings. The number of ketones is 1. The first-order valence-electron chi connectivity index (χ1n) is 9.95. The van der Waals surface area contributed by atoms with Gasteiger partial charge in [-0.3, -0.25) is 9.59 Å². The number of Topliss-reactive ketones (excluding diaryl/α,β-unsaturated/α-hetero) is 1. The fourth-order valence-electron chi connectivity index (χ4n) is 3.70. The van der Waals surface area contributed by atoms with Crippen molar-refractivity contribution in [3.8, 4) is 11.1 Å². The van der Waals surface area contributed by atoms with Crippen LogP contribution >= 0.6 is 0 Å². The molecule has 0 bridgehead atoms. The summed E-state index contributed by atoms with van der Waals surface area (Å²) in [6.45, 7) is 1.39. The Balaban J connectivity index is 1.33. The molecule has 0 spiro atoms. The van der Waals surface area contributed by atoms with E-state index in [-0.39, 0.29) is 29.6 Å². The van der Waals surface area contributed by atoms with Crippen molar-refractivity contribution < 1.29 is 18.0 Å². The van der Waals surface area contributed by atoms with E-state index in [1.807, 2.05) is 30.3 Å². The molecule has 0 unspecified atom stereocenters. The Labute approximate surface area is 181 Å². The minimum absolute atomic E-state index is 0.00205. The molecule has 31 heavy (non-hydrogen) atoms. The van der Waals surface area contributed by atoms with Crippen molar-refractivity contribution in [3.63, 3.8) is 0 Å². The van der Waals surface area contributed by atoms with Crippen molar-refractivity contribution in [1.82, 2.24) is 4.72 Å². The van der Waals surface area contributed by atoms with Gasteiger partial charge in [-0.15, -0.1) is 0 Å². The summed E-state index contributed by atoms with van der Waals surface area (Å²) >= 11 is 0. The molecular weight excluding hydrogens is 412 g/mol. The molecule has 6 nitrogen and oxygen atoms in total. The predicted octanol–water partition coefficient (Wildman–Crippen LogP) is 3.77. The largest absolute Gasteiger partial charge is 0.326 e. The smallest absolute Gasteiger partial charge is 0.240 e. The van der Waals surface area contributed by atoms with Crippen LogP contribution < -0.4 is 10.0 Å². The fourth-order valence-corrected chi connectivity index (χ4v) is 4.73. The molecule has 1 amide bonds. The molecule has 7 heteroatoms. The van der Waals surface area contributed by atoms with Crippen LogP contribution in [0.1, 0.15) is 34.8 Å². The van der Waals surface area contributed by atoms with Gasteiger partial charge in [0, 0.05) is 24.2 Å². The summed E-state index contributed by atoms with van der Waals surface area (Å²) in [5.74, 6) is -0.408. The van der Waals surface area contributed by atoms with E-state index in [2.05, 4.69) is 22.2 Å². The molecule has 1 aliphatic carbocycles. The van der Waals surface area contributed by atoms with Crippen LogP contribution in [0.25, 0.3) is 11.1 Å². The first kappa shape index (κ1) is 21.0. The monoisotopic (exact) mass is 434 g/mol. The number of fused-ring (bicyclic) bond motifs is 3. The molecule has 0 aliphatic heterocycles. The first-order valence-corrected chi connectivity index (χ1v) is 11.4. The van der Waals surface area contributed by atoms with E-state index in [1.165, 1.54) is 47.9 Å². The third-order valence-electron chi connectivity index (χ3n) is 5.29. The van der Waals surface area contributed by atoms with E-state index in [0.29, 0.717) is 11.3 Å². The number of nitrogens with one attached hydrogen (secondary N) is 2. The standard InChI is InChI=1S/C24H22N2O4S/c1-16(27)17-6-9-21(10-7-17)31(29,30)25-13-12-24(28)26-20-8-11-23-19(15-20)14-18-4-2-3-5-22(18)23/h2-11,15,25H,12-14H2,1H3,(H,26,28). The zero-order valence-corrected chi connectivity index (χ0v) is 17.8. The van der Waals surface area contributed by atoms with Crippen molar-refractivity contribution in [2.75, 3.05) is 11.9 Å². The van der Waals surface area contributed by atoms with Crippen LogP contribution in [0.2, 0.25) is 0 Å². The van der Waals surface area contributed by atoms with Gasteiger partial charge in [-0.1, -0.05) is 42.5 Å². The average molecular weight is 435 g/mol. The highest BCUT2D eigenvalue weighted by Gasteiger charge is 2.19. The number of hydrogen-bond donors (Lipinski definition) is 2. The lowest BCUT2D eigenvalue weighted by molar-refractivity contribution is -0.116. The second kappa shape index (κ2) is 8.45. The van der Waals surface area contributed by atoms with Gasteiger partial charge >= 0.3 is 0 Å². The number of hydrogen-bond acceptors (Lipinski definition) is 4. The Kier molecular flexibility index (Phi) is 5.71. The summed E-state index contributed by atoms with van der Waals surface area (Å²) in [7, 11) is -3.75. The lowest BCUT2D eigenvalue weighted by Gasteiger charge is -2.09. The van der Waals surface area contributed by atoms with Crippen LogP contribution in [0, 0.1) is 0 Å². The topological polar surface area (TPSA) is 92.3 Å². The van der Waals surface area contributed by atoms with Crippen molar-refractivity contribution in [2.24, 2.45) is 0 Å². The number of anilines is 1. The number of sulfonamides is 1. The number of carbonyl (C=O) groups excluding carboxylic acids is 2. The molecule has 0 saturated heterocycles. The second-order valence-corrected chi connectivity index (χ2v) is 9.25. The molecule has 0 saturated carbocycles. The Bertz CT molecular complexity index is 1260. The van der Waals surface area contributed by atoms with E-state index in [4.69, 9.17) is 0 Å². The van der Waals surface area contributed by atoms with E-state index in [9.17, 15) is 18.0 Å². The van der Waals surface area contributed by atoms with Crippen molar-refractivity contribution in [2.45, 2.75) is 24.7 Å². The Morgan fingerprint density at radius 3 is 2.35 bits per heavy atom. The number of rotatable bonds is 7. The van der Waals surface area contributed by atoms with Gasteiger partial charge < -0.3 is 5.32 Å². The van der Waals surface area contributed by atoms with Crippen LogP contribution in [-0.4, -0.2) is 26.7 Å². The SMILES string of the molecule is CC(=O)c1ccc(S(=O)(=O)NCCC(=O)Nc2ccc3c(c2)Cc2ccccc2-3)cc1. The van der Waals surface area contributed by atoms with Gasteiger partial charge in [0.25, 0.3) is 0 Å². The summed E-state index contributed by atoms with van der Waals surface area (Å²) in [5.41, 5.74) is 5.97. The van der Waals surface area contributed by atoms with Crippen LogP contribution in [0.3, 0.4) is 0 Å². The lowest BCUT2D eigenvalue weighted by Crippen LogP contribution is -2.27. The van der Waals surface area contributed by atoms with E-state index in [1.54, 1.807) is 0 Å². The van der Waals surface area contributed by atoms with Crippen LogP contribution in [0.5, 0.6) is 0 Å². The van der Waals surface area contributed by atoms with Gasteiger partial charge in [0.05, 0.1) is 4.90 Å². The molecule has 0 heterocycles. The van der Waals surface area contributed by atoms with Gasteiger partial charge in [0.1, 0.15) is 0 Å². The molecule has 2 N–H and O–H groups in total. The molecule has 4 rings (SSSR count). The molecule has 0 atom stereocenters. The Morgan fingerprint density at radius 1 is 0.903 bits per heavy atom. The van der Waals surface area contributed by atoms with Gasteiger partial charge in [0.2, 0.25) is 15.9 Å². The predicted molar refractivity (Wildman–Crippen MR) is 120 cm³/mol. The maximum absolute atomic E-state index is 12.4. The lowest BCUT2D eigenvalue weighted by atomic mass is 10.1. The summed E-state index contributed by atoms with van der Waals surface area (Å²) in [4.78, 5) is 23.7. The normalized spacial score (nSPS) is 12.2. The van der Waals surface area contributed by atoms with Crippen molar-refractivity contribution in [1.29, 1.82) is 0 Å². The van der Waals surface area contributed by atoms with E-state index in [0.717, 1.165) is 12.0 Å². The highest BCUT2D eigenvalue weighted by atomic mass is 32.2. The van der Waals surface area contributed by atoms with Gasteiger partial charge in [-0.05, 0) is 59.9 Å². The summed E-state index contributed by atoms with van der Waals surface area (Å²) < 4.78 is 27.1. The maximum Gasteiger partial charge on any atom is 0.240 e. The Hall–Kier alpha value is -3.29. The van der Waals surface area contributed by atoms with E-state index >= 15 is 0 Å². The van der Waals surface area contributed by atoms with Gasteiger partial charge in [-0.25, -0.2) is 13.1 Å². The maximum atomic E-state index is 12.4. The molecule has 0 fully saturated rings. The third kappa shape index (κ3) is 4.57. The molecule has 0 aromatic heterocycles. The minimum Gasteiger partial charge on any atom is -0.326 e. The quantitative estimate of drug-likeness (QED) is 0.433. The third-order valence-corrected chi connectivity index (χ3v) is 6.77. The molecule has 3 aromatic rings. The number of benzene rings is 3. The van der Waals surface area contributed by atoms with Crippen LogP contribution in [-0.2, 0) is 21.2 Å².